The molecule has 4 aromatic rings. The topological polar surface area (TPSA) is 48.1 Å². The molecule has 5 heteroatoms. The quantitative estimate of drug-likeness (QED) is 0.347. The normalized spacial score (nSPS) is 15.6. The van der Waals surface area contributed by atoms with E-state index in [1.807, 2.05) is 41.3 Å². The standard InChI is InChI=1S/C27H26ClN3O/c1-16-4-7-19(8-5-16)26-25-22(23-15-20(28)9-11-24(23)30-25)12-13-31(26)27(32)29-21-10-6-17(2)18(3)14-21/h4-11,14-15,26,30H,12-13H2,1-3H3,(H,29,32)/t26-/m0/s1. The fourth-order valence-electron chi connectivity index (χ4n) is 4.59. The Balaban J connectivity index is 1.57. The Hall–Kier alpha value is -3.24. The van der Waals surface area contributed by atoms with Gasteiger partial charge in [-0.05, 0) is 79.8 Å². The van der Waals surface area contributed by atoms with E-state index < -0.39 is 0 Å². The number of benzene rings is 3. The lowest BCUT2D eigenvalue weighted by Gasteiger charge is -2.36. The molecule has 2 N–H and O–H groups in total. The number of aromatic amines is 1. The molecule has 2 amide bonds. The number of aryl methyl sites for hydroxylation is 3. The van der Waals surface area contributed by atoms with E-state index in [1.165, 1.54) is 16.7 Å². The van der Waals surface area contributed by atoms with E-state index in [2.05, 4.69) is 55.3 Å². The van der Waals surface area contributed by atoms with Crippen molar-refractivity contribution in [1.82, 2.24) is 9.88 Å². The van der Waals surface area contributed by atoms with Gasteiger partial charge in [0.1, 0.15) is 0 Å². The maximum atomic E-state index is 13.5. The van der Waals surface area contributed by atoms with E-state index in [4.69, 9.17) is 11.6 Å². The summed E-state index contributed by atoms with van der Waals surface area (Å²) >= 11 is 6.29. The van der Waals surface area contributed by atoms with Crippen LogP contribution >= 0.6 is 11.6 Å². The van der Waals surface area contributed by atoms with Crippen LogP contribution in [0.15, 0.2) is 60.7 Å². The van der Waals surface area contributed by atoms with Crippen LogP contribution in [0.1, 0.15) is 39.6 Å². The van der Waals surface area contributed by atoms with Gasteiger partial charge in [0, 0.05) is 33.9 Å². The second-order valence-corrected chi connectivity index (χ2v) is 9.13. The lowest BCUT2D eigenvalue weighted by molar-refractivity contribution is 0.193. The highest BCUT2D eigenvalue weighted by atomic mass is 35.5. The van der Waals surface area contributed by atoms with Gasteiger partial charge in [0.25, 0.3) is 0 Å². The number of hydrogen-bond acceptors (Lipinski definition) is 1. The van der Waals surface area contributed by atoms with Crippen molar-refractivity contribution in [2.45, 2.75) is 33.2 Å². The number of urea groups is 1. The summed E-state index contributed by atoms with van der Waals surface area (Å²) < 4.78 is 0. The molecular weight excluding hydrogens is 418 g/mol. The van der Waals surface area contributed by atoms with Gasteiger partial charge >= 0.3 is 6.03 Å². The number of amides is 2. The Morgan fingerprint density at radius 2 is 1.78 bits per heavy atom. The van der Waals surface area contributed by atoms with E-state index in [1.54, 1.807) is 0 Å². The Bertz CT molecular complexity index is 1320. The van der Waals surface area contributed by atoms with Crippen molar-refractivity contribution in [2.75, 3.05) is 11.9 Å². The number of rotatable bonds is 2. The van der Waals surface area contributed by atoms with E-state index >= 15 is 0 Å². The van der Waals surface area contributed by atoms with Crippen LogP contribution < -0.4 is 5.32 Å². The molecule has 0 bridgehead atoms. The first-order chi connectivity index (χ1) is 15.4. The maximum Gasteiger partial charge on any atom is 0.322 e. The summed E-state index contributed by atoms with van der Waals surface area (Å²) in [5, 5.41) is 4.98. The maximum absolute atomic E-state index is 13.5. The smallest absolute Gasteiger partial charge is 0.322 e. The van der Waals surface area contributed by atoms with Crippen LogP contribution in [-0.4, -0.2) is 22.5 Å². The molecule has 0 fully saturated rings. The van der Waals surface area contributed by atoms with Crippen molar-refractivity contribution >= 4 is 34.2 Å². The highest BCUT2D eigenvalue weighted by Crippen LogP contribution is 2.39. The molecule has 0 aliphatic carbocycles. The van der Waals surface area contributed by atoms with Crippen LogP contribution in [-0.2, 0) is 6.42 Å². The molecule has 2 heterocycles. The third kappa shape index (κ3) is 3.65. The molecule has 0 radical (unpaired) electrons. The lowest BCUT2D eigenvalue weighted by atomic mass is 9.92. The van der Waals surface area contributed by atoms with Gasteiger partial charge < -0.3 is 15.2 Å². The first-order valence-electron chi connectivity index (χ1n) is 10.9. The molecular formula is C27H26ClN3O. The molecule has 0 saturated carbocycles. The highest BCUT2D eigenvalue weighted by molar-refractivity contribution is 6.31. The summed E-state index contributed by atoms with van der Waals surface area (Å²) in [5.41, 5.74) is 8.81. The molecule has 0 saturated heterocycles. The zero-order chi connectivity index (χ0) is 22.4. The Morgan fingerprint density at radius 3 is 2.53 bits per heavy atom. The number of nitrogens with zero attached hydrogens (tertiary/aromatic N) is 1. The molecule has 1 aliphatic rings. The Labute approximate surface area is 193 Å². The number of aromatic nitrogens is 1. The molecule has 4 nitrogen and oxygen atoms in total. The number of nitrogens with one attached hydrogen (secondary N) is 2. The molecule has 1 atom stereocenters. The number of anilines is 1. The van der Waals surface area contributed by atoms with Crippen LogP contribution in [0.3, 0.4) is 0 Å². The molecule has 162 valence electrons. The predicted octanol–water partition coefficient (Wildman–Crippen LogP) is 6.93. The third-order valence-corrected chi connectivity index (χ3v) is 6.74. The minimum absolute atomic E-state index is 0.0961. The van der Waals surface area contributed by atoms with Gasteiger partial charge in [-0.1, -0.05) is 47.5 Å². The van der Waals surface area contributed by atoms with Gasteiger partial charge in [0.15, 0.2) is 0 Å². The third-order valence-electron chi connectivity index (χ3n) is 6.50. The number of halogens is 1. The lowest BCUT2D eigenvalue weighted by Crippen LogP contribution is -2.43. The molecule has 0 unspecified atom stereocenters. The summed E-state index contributed by atoms with van der Waals surface area (Å²) in [6.07, 6.45) is 0.776. The number of fused-ring (bicyclic) bond motifs is 3. The predicted molar refractivity (Wildman–Crippen MR) is 132 cm³/mol. The van der Waals surface area contributed by atoms with Crippen molar-refractivity contribution in [3.05, 3.63) is 99.2 Å². The molecule has 1 aliphatic heterocycles. The Morgan fingerprint density at radius 1 is 1.00 bits per heavy atom. The van der Waals surface area contributed by atoms with Gasteiger partial charge in [-0.15, -0.1) is 0 Å². The number of H-pyrrole nitrogens is 1. The van der Waals surface area contributed by atoms with Crippen molar-refractivity contribution in [3.63, 3.8) is 0 Å². The van der Waals surface area contributed by atoms with Crippen molar-refractivity contribution in [3.8, 4) is 0 Å². The SMILES string of the molecule is Cc1ccc([C@H]2c3[nH]c4ccc(Cl)cc4c3CCN2C(=O)Nc2ccc(C)c(C)c2)cc1. The van der Waals surface area contributed by atoms with E-state index in [-0.39, 0.29) is 12.1 Å². The molecule has 0 spiro atoms. The minimum Gasteiger partial charge on any atom is -0.356 e. The number of carbonyl (C=O) groups excluding carboxylic acids is 1. The molecule has 32 heavy (non-hydrogen) atoms. The first kappa shape index (κ1) is 20.7. The summed E-state index contributed by atoms with van der Waals surface area (Å²) in [6, 6.07) is 20.1. The fourth-order valence-corrected chi connectivity index (χ4v) is 4.76. The van der Waals surface area contributed by atoms with Crippen molar-refractivity contribution in [2.24, 2.45) is 0 Å². The summed E-state index contributed by atoms with van der Waals surface area (Å²) in [6.45, 7) is 6.83. The molecule has 3 aromatic carbocycles. The zero-order valence-electron chi connectivity index (χ0n) is 18.5. The van der Waals surface area contributed by atoms with Gasteiger partial charge in [-0.2, -0.15) is 0 Å². The monoisotopic (exact) mass is 443 g/mol. The summed E-state index contributed by atoms with van der Waals surface area (Å²) in [5.74, 6) is 0. The highest BCUT2D eigenvalue weighted by Gasteiger charge is 2.34. The number of carbonyl (C=O) groups is 1. The van der Waals surface area contributed by atoms with Gasteiger partial charge in [-0.3, -0.25) is 0 Å². The van der Waals surface area contributed by atoms with Gasteiger partial charge in [0.2, 0.25) is 0 Å². The van der Waals surface area contributed by atoms with E-state index in [0.29, 0.717) is 6.54 Å². The molecule has 5 rings (SSSR count). The van der Waals surface area contributed by atoms with Gasteiger partial charge in [-0.25, -0.2) is 4.79 Å². The van der Waals surface area contributed by atoms with Crippen LogP contribution in [0.5, 0.6) is 0 Å². The van der Waals surface area contributed by atoms with Crippen LogP contribution in [0.2, 0.25) is 5.02 Å². The first-order valence-corrected chi connectivity index (χ1v) is 11.3. The zero-order valence-corrected chi connectivity index (χ0v) is 19.3. The summed E-state index contributed by atoms with van der Waals surface area (Å²) in [7, 11) is 0. The Kier molecular flexibility index (Phi) is 5.18. The summed E-state index contributed by atoms with van der Waals surface area (Å²) in [4.78, 5) is 19.0. The van der Waals surface area contributed by atoms with Crippen molar-refractivity contribution < 1.29 is 4.79 Å². The average Bonchev–Trinajstić information content (AvgIpc) is 3.14. The van der Waals surface area contributed by atoms with Crippen LogP contribution in [0.4, 0.5) is 10.5 Å². The van der Waals surface area contributed by atoms with Gasteiger partial charge in [0.05, 0.1) is 6.04 Å². The fraction of sp³-hybridized carbons (Fsp3) is 0.222. The van der Waals surface area contributed by atoms with E-state index in [9.17, 15) is 4.79 Å². The second-order valence-electron chi connectivity index (χ2n) is 8.69. The largest absolute Gasteiger partial charge is 0.356 e. The number of hydrogen-bond donors (Lipinski definition) is 2. The average molecular weight is 444 g/mol. The van der Waals surface area contributed by atoms with E-state index in [0.717, 1.165) is 44.9 Å². The van der Waals surface area contributed by atoms with Crippen LogP contribution in [0, 0.1) is 20.8 Å². The minimum atomic E-state index is -0.197. The van der Waals surface area contributed by atoms with Crippen LogP contribution in [0.25, 0.3) is 10.9 Å². The molecule has 1 aromatic heterocycles. The van der Waals surface area contributed by atoms with Crippen molar-refractivity contribution in [1.29, 1.82) is 0 Å². The second kappa shape index (κ2) is 8.03.